The molecule has 1 saturated heterocycles. The van der Waals surface area contributed by atoms with E-state index in [0.717, 1.165) is 21.8 Å². The van der Waals surface area contributed by atoms with E-state index in [4.69, 9.17) is 5.73 Å². The molecular formula is C14H15N5O2. The highest BCUT2D eigenvalue weighted by atomic mass is 16.2. The van der Waals surface area contributed by atoms with Gasteiger partial charge in [0, 0.05) is 24.4 Å². The zero-order valence-electron chi connectivity index (χ0n) is 11.5. The summed E-state index contributed by atoms with van der Waals surface area (Å²) in [5.41, 5.74) is 8.11. The summed E-state index contributed by atoms with van der Waals surface area (Å²) in [5.74, 6) is 0.00484. The molecule has 7 nitrogen and oxygen atoms in total. The molecule has 1 aliphatic rings. The van der Waals surface area contributed by atoms with Gasteiger partial charge >= 0.3 is 0 Å². The van der Waals surface area contributed by atoms with E-state index in [0.29, 0.717) is 5.82 Å². The van der Waals surface area contributed by atoms with E-state index in [-0.39, 0.29) is 24.9 Å². The van der Waals surface area contributed by atoms with Gasteiger partial charge in [-0.25, -0.2) is 0 Å². The fourth-order valence-corrected chi connectivity index (χ4v) is 2.27. The van der Waals surface area contributed by atoms with Gasteiger partial charge in [-0.05, 0) is 12.1 Å². The molecule has 3 N–H and O–H groups in total. The van der Waals surface area contributed by atoms with E-state index in [9.17, 15) is 9.59 Å². The lowest BCUT2D eigenvalue weighted by atomic mass is 10.1. The Morgan fingerprint density at radius 2 is 1.90 bits per heavy atom. The van der Waals surface area contributed by atoms with Crippen LogP contribution in [0.15, 0.2) is 30.3 Å². The van der Waals surface area contributed by atoms with Crippen molar-refractivity contribution in [1.82, 2.24) is 15.1 Å². The monoisotopic (exact) mass is 285 g/mol. The fourth-order valence-electron chi connectivity index (χ4n) is 2.27. The second-order valence-corrected chi connectivity index (χ2v) is 4.96. The number of hydrogen-bond acceptors (Lipinski definition) is 5. The highest BCUT2D eigenvalue weighted by Gasteiger charge is 2.28. The zero-order chi connectivity index (χ0) is 15.0. The molecule has 1 aliphatic heterocycles. The minimum atomic E-state index is -0.206. The first-order valence-corrected chi connectivity index (χ1v) is 6.50. The van der Waals surface area contributed by atoms with E-state index < -0.39 is 0 Å². The molecule has 1 aromatic carbocycles. The van der Waals surface area contributed by atoms with Gasteiger partial charge in [0.2, 0.25) is 11.8 Å². The number of carbonyl (C=O) groups excluding carboxylic acids is 2. The quantitative estimate of drug-likeness (QED) is 0.782. The summed E-state index contributed by atoms with van der Waals surface area (Å²) in [7, 11) is 1.51. The number of imide groups is 1. The molecular weight excluding hydrogens is 270 g/mol. The number of nitrogens with zero attached hydrogens (tertiary/aromatic N) is 3. The Morgan fingerprint density at radius 1 is 1.19 bits per heavy atom. The highest BCUT2D eigenvalue weighted by Crippen LogP contribution is 2.25. The van der Waals surface area contributed by atoms with Crippen molar-refractivity contribution >= 4 is 23.3 Å². The third kappa shape index (κ3) is 2.45. The molecule has 108 valence electrons. The van der Waals surface area contributed by atoms with Crippen LogP contribution in [0.5, 0.6) is 0 Å². The summed E-state index contributed by atoms with van der Waals surface area (Å²) in [4.78, 5) is 26.5. The van der Waals surface area contributed by atoms with Crippen LogP contribution in [0.4, 0.5) is 11.5 Å². The number of nitrogens with two attached hydrogens (primary N) is 1. The van der Waals surface area contributed by atoms with Gasteiger partial charge in [-0.3, -0.25) is 19.6 Å². The van der Waals surface area contributed by atoms with Crippen LogP contribution in [0.3, 0.4) is 0 Å². The van der Waals surface area contributed by atoms with Crippen LogP contribution in [0.25, 0.3) is 11.3 Å². The summed E-state index contributed by atoms with van der Waals surface area (Å²) in [6.07, 6.45) is 0. The van der Waals surface area contributed by atoms with Gasteiger partial charge in [0.05, 0.1) is 18.8 Å². The van der Waals surface area contributed by atoms with Crippen LogP contribution in [0.1, 0.15) is 0 Å². The van der Waals surface area contributed by atoms with E-state index in [2.05, 4.69) is 10.2 Å². The van der Waals surface area contributed by atoms with Gasteiger partial charge in [0.15, 0.2) is 0 Å². The Kier molecular flexibility index (Phi) is 3.09. The van der Waals surface area contributed by atoms with Crippen LogP contribution >= 0.6 is 0 Å². The lowest BCUT2D eigenvalue weighted by Crippen LogP contribution is -2.52. The van der Waals surface area contributed by atoms with Crippen LogP contribution < -0.4 is 10.6 Å². The number of nitrogens with one attached hydrogen (secondary N) is 1. The van der Waals surface area contributed by atoms with Crippen LogP contribution in [0, 0.1) is 0 Å². The second kappa shape index (κ2) is 4.93. The molecule has 0 unspecified atom stereocenters. The van der Waals surface area contributed by atoms with Crippen molar-refractivity contribution in [3.8, 4) is 11.3 Å². The molecule has 0 aliphatic carbocycles. The highest BCUT2D eigenvalue weighted by molar-refractivity contribution is 6.02. The fraction of sp³-hybridized carbons (Fsp3) is 0.214. The number of piperazine rings is 1. The number of amides is 2. The van der Waals surface area contributed by atoms with Crippen molar-refractivity contribution in [3.63, 3.8) is 0 Å². The first kappa shape index (κ1) is 13.2. The largest absolute Gasteiger partial charge is 0.382 e. The first-order chi connectivity index (χ1) is 10.0. The predicted octanol–water partition coefficient (Wildman–Crippen LogP) is 0.464. The summed E-state index contributed by atoms with van der Waals surface area (Å²) in [6.45, 7) is 0.383. The molecule has 0 saturated carbocycles. The van der Waals surface area contributed by atoms with Gasteiger partial charge in [-0.1, -0.05) is 12.1 Å². The second-order valence-electron chi connectivity index (χ2n) is 4.96. The van der Waals surface area contributed by atoms with Gasteiger partial charge < -0.3 is 10.6 Å². The number of aromatic amines is 1. The van der Waals surface area contributed by atoms with Gasteiger partial charge in [0.25, 0.3) is 0 Å². The van der Waals surface area contributed by atoms with Crippen molar-refractivity contribution in [2.45, 2.75) is 0 Å². The molecule has 0 radical (unpaired) electrons. The molecule has 0 spiro atoms. The maximum absolute atomic E-state index is 11.8. The van der Waals surface area contributed by atoms with Crippen molar-refractivity contribution in [3.05, 3.63) is 30.3 Å². The molecule has 2 amide bonds. The molecule has 2 aromatic rings. The summed E-state index contributed by atoms with van der Waals surface area (Å²) < 4.78 is 0. The SMILES string of the molecule is CN1C(=O)CN(c2cccc(-c3cc(N)n[nH]3)c2)CC1=O. The average molecular weight is 285 g/mol. The minimum Gasteiger partial charge on any atom is -0.382 e. The Hall–Kier alpha value is -2.83. The number of benzene rings is 1. The molecule has 2 heterocycles. The maximum Gasteiger partial charge on any atom is 0.248 e. The third-order valence-electron chi connectivity index (χ3n) is 3.52. The van der Waals surface area contributed by atoms with Crippen molar-refractivity contribution in [1.29, 1.82) is 0 Å². The summed E-state index contributed by atoms with van der Waals surface area (Å²) in [5, 5.41) is 6.73. The number of likely N-dealkylation sites (N-methyl/N-ethyl adjacent to an activating group) is 1. The summed E-state index contributed by atoms with van der Waals surface area (Å²) in [6, 6.07) is 9.29. The number of rotatable bonds is 2. The minimum absolute atomic E-state index is 0.191. The Morgan fingerprint density at radius 3 is 2.52 bits per heavy atom. The number of hydrogen-bond donors (Lipinski definition) is 2. The normalized spacial score (nSPS) is 15.7. The average Bonchev–Trinajstić information content (AvgIpc) is 2.91. The molecule has 3 rings (SSSR count). The molecule has 21 heavy (non-hydrogen) atoms. The zero-order valence-corrected chi connectivity index (χ0v) is 11.5. The van der Waals surface area contributed by atoms with Gasteiger partial charge in [0.1, 0.15) is 5.82 Å². The Bertz CT molecular complexity index is 691. The van der Waals surface area contributed by atoms with Crippen molar-refractivity contribution < 1.29 is 9.59 Å². The number of nitrogen functional groups attached to an aromatic ring is 1. The van der Waals surface area contributed by atoms with E-state index in [1.54, 1.807) is 11.0 Å². The van der Waals surface area contributed by atoms with E-state index in [1.165, 1.54) is 7.05 Å². The number of H-pyrrole nitrogens is 1. The van der Waals surface area contributed by atoms with Crippen molar-refractivity contribution in [2.75, 3.05) is 30.8 Å². The Balaban J connectivity index is 1.90. The van der Waals surface area contributed by atoms with Crippen molar-refractivity contribution in [2.24, 2.45) is 0 Å². The first-order valence-electron chi connectivity index (χ1n) is 6.50. The number of carbonyl (C=O) groups is 2. The van der Waals surface area contributed by atoms with Gasteiger partial charge in [-0.2, -0.15) is 5.10 Å². The van der Waals surface area contributed by atoms with Gasteiger partial charge in [-0.15, -0.1) is 0 Å². The number of anilines is 2. The lowest BCUT2D eigenvalue weighted by Gasteiger charge is -2.32. The molecule has 0 bridgehead atoms. The van der Waals surface area contributed by atoms with Crippen LogP contribution in [-0.4, -0.2) is 47.0 Å². The smallest absolute Gasteiger partial charge is 0.248 e. The molecule has 0 atom stereocenters. The van der Waals surface area contributed by atoms with Crippen LogP contribution in [-0.2, 0) is 9.59 Å². The van der Waals surface area contributed by atoms with E-state index in [1.807, 2.05) is 24.3 Å². The standard InChI is InChI=1S/C14H15N5O2/c1-18-13(20)7-19(8-14(18)21)10-4-2-3-9(5-10)11-6-12(15)17-16-11/h2-6H,7-8H2,1H3,(H3,15,16,17). The van der Waals surface area contributed by atoms with E-state index >= 15 is 0 Å². The summed E-state index contributed by atoms with van der Waals surface area (Å²) >= 11 is 0. The molecule has 1 aromatic heterocycles. The third-order valence-corrected chi connectivity index (χ3v) is 3.52. The molecule has 7 heteroatoms. The lowest BCUT2D eigenvalue weighted by molar-refractivity contribution is -0.143. The maximum atomic E-state index is 11.8. The predicted molar refractivity (Wildman–Crippen MR) is 78.4 cm³/mol. The topological polar surface area (TPSA) is 95.3 Å². The van der Waals surface area contributed by atoms with Crippen LogP contribution in [0.2, 0.25) is 0 Å². The molecule has 1 fully saturated rings. The number of aromatic nitrogens is 2. The Labute approximate surface area is 121 Å².